The smallest absolute Gasteiger partial charge is 0.407 e. The van der Waals surface area contributed by atoms with Gasteiger partial charge >= 0.3 is 6.09 Å². The first-order valence-electron chi connectivity index (χ1n) is 13.3. The van der Waals surface area contributed by atoms with Crippen molar-refractivity contribution in [2.24, 2.45) is 17.8 Å². The molecule has 1 aromatic carbocycles. The van der Waals surface area contributed by atoms with Crippen LogP contribution in [0.4, 0.5) is 10.5 Å². The van der Waals surface area contributed by atoms with Crippen LogP contribution in [0.25, 0.3) is 0 Å². The summed E-state index contributed by atoms with van der Waals surface area (Å²) in [6.07, 6.45) is 2.46. The molecule has 2 aliphatic heterocycles. The summed E-state index contributed by atoms with van der Waals surface area (Å²) in [6.45, 7) is 4.01. The van der Waals surface area contributed by atoms with Gasteiger partial charge in [0, 0.05) is 25.7 Å². The topological polar surface area (TPSA) is 132 Å². The summed E-state index contributed by atoms with van der Waals surface area (Å²) in [5.74, 6) is -0.407. The minimum absolute atomic E-state index is 0.0203. The molecule has 0 radical (unpaired) electrons. The van der Waals surface area contributed by atoms with Gasteiger partial charge in [-0.25, -0.2) is 4.79 Å². The normalized spacial score (nSPS) is 29.9. The molecule has 1 aromatic rings. The number of likely N-dealkylation sites (N-methyl/N-ethyl adjacent to an activating group) is 1. The highest BCUT2D eigenvalue weighted by atomic mass is 16.5. The highest BCUT2D eigenvalue weighted by molar-refractivity contribution is 6.07. The molecule has 202 valence electrons. The lowest BCUT2D eigenvalue weighted by molar-refractivity contribution is -0.147. The SMILES string of the molecule is COC(=O)NC1(C(=O)N(C)[C@@H](CC(C)C)C(=O)N2C[C@]3(C[C@H]2C#N)C(=O)Nc2ccccc23)CC1C1CC1. The summed E-state index contributed by atoms with van der Waals surface area (Å²) in [6, 6.07) is 7.95. The Labute approximate surface area is 222 Å². The number of methoxy groups -OCH3 is 1. The van der Waals surface area contributed by atoms with Crippen LogP contribution in [0, 0.1) is 29.1 Å². The van der Waals surface area contributed by atoms with Gasteiger partial charge in [-0.2, -0.15) is 5.26 Å². The van der Waals surface area contributed by atoms with Crippen molar-refractivity contribution in [1.29, 1.82) is 5.26 Å². The van der Waals surface area contributed by atoms with Gasteiger partial charge in [0.05, 0.1) is 18.6 Å². The Hall–Kier alpha value is -3.61. The Morgan fingerprint density at radius 2 is 1.97 bits per heavy atom. The average Bonchev–Trinajstić information content (AvgIpc) is 3.81. The van der Waals surface area contributed by atoms with E-state index in [4.69, 9.17) is 4.74 Å². The number of ether oxygens (including phenoxy) is 1. The van der Waals surface area contributed by atoms with Crippen molar-refractivity contribution in [2.45, 2.75) is 69.0 Å². The monoisotopic (exact) mass is 521 g/mol. The van der Waals surface area contributed by atoms with Crippen LogP contribution in [0.3, 0.4) is 0 Å². The molecule has 2 heterocycles. The number of likely N-dealkylation sites (tertiary alicyclic amines) is 1. The van der Waals surface area contributed by atoms with Gasteiger partial charge in [-0.05, 0) is 55.1 Å². The van der Waals surface area contributed by atoms with Crippen molar-refractivity contribution in [3.63, 3.8) is 0 Å². The van der Waals surface area contributed by atoms with Crippen LogP contribution < -0.4 is 10.6 Å². The first-order valence-corrected chi connectivity index (χ1v) is 13.3. The first-order chi connectivity index (χ1) is 18.1. The quantitative estimate of drug-likeness (QED) is 0.566. The number of benzene rings is 1. The molecule has 0 aromatic heterocycles. The molecule has 4 amide bonds. The highest BCUT2D eigenvalue weighted by Gasteiger charge is 2.67. The summed E-state index contributed by atoms with van der Waals surface area (Å²) in [4.78, 5) is 56.4. The van der Waals surface area contributed by atoms with Gasteiger partial charge in [-0.15, -0.1) is 0 Å². The third-order valence-electron chi connectivity index (χ3n) is 8.78. The van der Waals surface area contributed by atoms with Crippen molar-refractivity contribution < 1.29 is 23.9 Å². The zero-order chi connectivity index (χ0) is 27.4. The summed E-state index contributed by atoms with van der Waals surface area (Å²) in [5, 5.41) is 15.7. The third kappa shape index (κ3) is 4.08. The molecule has 38 heavy (non-hydrogen) atoms. The molecule has 3 fully saturated rings. The van der Waals surface area contributed by atoms with Gasteiger partial charge in [-0.3, -0.25) is 14.4 Å². The molecule has 4 aliphatic rings. The Morgan fingerprint density at radius 1 is 1.26 bits per heavy atom. The summed E-state index contributed by atoms with van der Waals surface area (Å²) in [7, 11) is 2.86. The molecule has 2 unspecified atom stereocenters. The van der Waals surface area contributed by atoms with E-state index < -0.39 is 29.1 Å². The van der Waals surface area contributed by atoms with Gasteiger partial charge in [-0.1, -0.05) is 32.0 Å². The number of nitrogens with zero attached hydrogens (tertiary/aromatic N) is 3. The summed E-state index contributed by atoms with van der Waals surface area (Å²) < 4.78 is 4.81. The molecule has 1 saturated heterocycles. The van der Waals surface area contributed by atoms with Crippen LogP contribution >= 0.6 is 0 Å². The number of carbonyl (C=O) groups excluding carboxylic acids is 4. The zero-order valence-electron chi connectivity index (χ0n) is 22.3. The van der Waals surface area contributed by atoms with Crippen LogP contribution in [0.2, 0.25) is 0 Å². The van der Waals surface area contributed by atoms with E-state index in [1.807, 2.05) is 38.1 Å². The molecule has 5 rings (SSSR count). The van der Waals surface area contributed by atoms with E-state index in [0.717, 1.165) is 18.4 Å². The van der Waals surface area contributed by atoms with E-state index in [1.165, 1.54) is 16.9 Å². The number of amides is 4. The predicted octanol–water partition coefficient (Wildman–Crippen LogP) is 2.40. The lowest BCUT2D eigenvalue weighted by Gasteiger charge is -2.35. The fraction of sp³-hybridized carbons (Fsp3) is 0.607. The predicted molar refractivity (Wildman–Crippen MR) is 138 cm³/mol. The lowest BCUT2D eigenvalue weighted by Crippen LogP contribution is -2.58. The second-order valence-corrected chi connectivity index (χ2v) is 11.7. The Balaban J connectivity index is 1.43. The van der Waals surface area contributed by atoms with Crippen LogP contribution in [-0.2, 0) is 24.5 Å². The fourth-order valence-electron chi connectivity index (χ4n) is 6.54. The zero-order valence-corrected chi connectivity index (χ0v) is 22.3. The third-order valence-corrected chi connectivity index (χ3v) is 8.78. The number of hydrogen-bond acceptors (Lipinski definition) is 6. The van der Waals surface area contributed by atoms with Crippen molar-refractivity contribution in [2.75, 3.05) is 26.0 Å². The van der Waals surface area contributed by atoms with Crippen molar-refractivity contribution in [1.82, 2.24) is 15.1 Å². The molecule has 0 bridgehead atoms. The molecular weight excluding hydrogens is 486 g/mol. The molecule has 5 atom stereocenters. The van der Waals surface area contributed by atoms with Crippen LogP contribution in [0.1, 0.15) is 51.5 Å². The van der Waals surface area contributed by atoms with Gasteiger partial charge in [0.25, 0.3) is 0 Å². The molecule has 2 aliphatic carbocycles. The fourth-order valence-corrected chi connectivity index (χ4v) is 6.54. The van der Waals surface area contributed by atoms with Crippen molar-refractivity contribution in [3.8, 4) is 6.07 Å². The van der Waals surface area contributed by atoms with Gasteiger partial charge < -0.3 is 25.2 Å². The Bertz CT molecular complexity index is 1220. The van der Waals surface area contributed by atoms with E-state index >= 15 is 0 Å². The highest BCUT2D eigenvalue weighted by Crippen LogP contribution is 2.58. The number of rotatable bonds is 7. The molecule has 10 nitrogen and oxygen atoms in total. The maximum atomic E-state index is 14.1. The van der Waals surface area contributed by atoms with Gasteiger partial charge in [0.2, 0.25) is 17.7 Å². The van der Waals surface area contributed by atoms with Gasteiger partial charge in [0.15, 0.2) is 0 Å². The standard InChI is InChI=1S/C28H35N5O5/c1-16(2)11-22(32(3)25(36)28(31-26(37)38-4)13-20(28)17-9-10-17)23(34)33-15-27(12-18(33)14-29)19-7-5-6-8-21(19)30-24(27)35/h5-8,16-18,20,22H,9-13,15H2,1-4H3,(H,30,35)(H,31,37)/t18-,20?,22-,27-,28?/m0/s1. The molecular formula is C28H35N5O5. The van der Waals surface area contributed by atoms with E-state index in [-0.39, 0.29) is 42.5 Å². The maximum Gasteiger partial charge on any atom is 0.407 e. The minimum atomic E-state index is -1.08. The number of fused-ring (bicyclic) bond motifs is 2. The second kappa shape index (κ2) is 9.29. The molecule has 2 N–H and O–H groups in total. The Morgan fingerprint density at radius 3 is 2.61 bits per heavy atom. The van der Waals surface area contributed by atoms with E-state index in [0.29, 0.717) is 24.4 Å². The van der Waals surface area contributed by atoms with Crippen molar-refractivity contribution >= 4 is 29.5 Å². The number of anilines is 1. The van der Waals surface area contributed by atoms with E-state index in [9.17, 15) is 24.4 Å². The van der Waals surface area contributed by atoms with Crippen LogP contribution in [0.15, 0.2) is 24.3 Å². The average molecular weight is 522 g/mol. The number of para-hydroxylation sites is 1. The molecule has 10 heteroatoms. The lowest BCUT2D eigenvalue weighted by atomic mass is 9.80. The minimum Gasteiger partial charge on any atom is -0.453 e. The number of hydrogen-bond donors (Lipinski definition) is 2. The summed E-state index contributed by atoms with van der Waals surface area (Å²) in [5.41, 5.74) is -0.593. The first kappa shape index (κ1) is 26.0. The molecule has 2 saturated carbocycles. The van der Waals surface area contributed by atoms with Crippen LogP contribution in [-0.4, -0.2) is 71.9 Å². The number of alkyl carbamates (subject to hydrolysis) is 1. The number of nitrogens with one attached hydrogen (secondary N) is 2. The van der Waals surface area contributed by atoms with E-state index in [2.05, 4.69) is 16.7 Å². The maximum absolute atomic E-state index is 14.1. The number of nitriles is 1. The van der Waals surface area contributed by atoms with Crippen molar-refractivity contribution in [3.05, 3.63) is 29.8 Å². The second-order valence-electron chi connectivity index (χ2n) is 11.7. The van der Waals surface area contributed by atoms with E-state index in [1.54, 1.807) is 7.05 Å². The largest absolute Gasteiger partial charge is 0.453 e. The Kier molecular flexibility index (Phi) is 6.36. The summed E-state index contributed by atoms with van der Waals surface area (Å²) >= 11 is 0. The van der Waals surface area contributed by atoms with Crippen LogP contribution in [0.5, 0.6) is 0 Å². The molecule has 1 spiro atoms. The van der Waals surface area contributed by atoms with Gasteiger partial charge in [0.1, 0.15) is 17.6 Å². The number of carbonyl (C=O) groups is 4.